The van der Waals surface area contributed by atoms with E-state index >= 15 is 0 Å². The molecule has 1 fully saturated rings. The number of carbonyl (C=O) groups is 1. The Hall–Kier alpha value is -3.77. The van der Waals surface area contributed by atoms with E-state index in [9.17, 15) is 9.59 Å². The molecule has 0 spiro atoms. The predicted molar refractivity (Wildman–Crippen MR) is 141 cm³/mol. The second-order valence-electron chi connectivity index (χ2n) is 9.43. The highest BCUT2D eigenvalue weighted by atomic mass is 16.5. The van der Waals surface area contributed by atoms with E-state index in [1.807, 2.05) is 48.4 Å². The van der Waals surface area contributed by atoms with Crippen LogP contribution in [0.1, 0.15) is 58.2 Å². The van der Waals surface area contributed by atoms with Crippen molar-refractivity contribution in [1.82, 2.24) is 14.5 Å². The van der Waals surface area contributed by atoms with Gasteiger partial charge in [-0.3, -0.25) is 14.6 Å². The second-order valence-corrected chi connectivity index (χ2v) is 9.43. The van der Waals surface area contributed by atoms with E-state index in [1.165, 1.54) is 0 Å². The fraction of sp³-hybridized carbons (Fsp3) is 0.300. The summed E-state index contributed by atoms with van der Waals surface area (Å²) in [6.45, 7) is 3.24. The van der Waals surface area contributed by atoms with Crippen molar-refractivity contribution in [3.05, 3.63) is 111 Å². The summed E-state index contributed by atoms with van der Waals surface area (Å²) in [6, 6.07) is 19.9. The molecule has 1 aliphatic rings. The number of methoxy groups -OCH3 is 1. The molecule has 6 nitrogen and oxygen atoms in total. The molecule has 0 saturated carbocycles. The molecule has 0 N–H and O–H groups in total. The van der Waals surface area contributed by atoms with Gasteiger partial charge in [-0.2, -0.15) is 0 Å². The SMILES string of the molecule is COCc1c(C(=O)N2CCCCC2c2cccnc2)c(=O)cc(C)n1Cc1cccc2ccccc12. The van der Waals surface area contributed by atoms with Gasteiger partial charge < -0.3 is 14.2 Å². The Kier molecular flexibility index (Phi) is 6.96. The van der Waals surface area contributed by atoms with E-state index < -0.39 is 0 Å². The van der Waals surface area contributed by atoms with E-state index in [-0.39, 0.29) is 29.5 Å². The summed E-state index contributed by atoms with van der Waals surface area (Å²) >= 11 is 0. The van der Waals surface area contributed by atoms with Gasteiger partial charge >= 0.3 is 0 Å². The maximum absolute atomic E-state index is 14.1. The molecule has 36 heavy (non-hydrogen) atoms. The third-order valence-corrected chi connectivity index (χ3v) is 7.16. The number of piperidine rings is 1. The maximum atomic E-state index is 14.1. The molecule has 0 bridgehead atoms. The van der Waals surface area contributed by atoms with E-state index in [1.54, 1.807) is 19.4 Å². The molecule has 1 atom stereocenters. The van der Waals surface area contributed by atoms with Gasteiger partial charge in [-0.1, -0.05) is 48.5 Å². The standard InChI is InChI=1S/C30H31N3O3/c1-21-17-28(34)29(30(35)32-16-6-5-14-26(32)23-12-8-15-31-18-23)27(20-36-2)33(21)19-24-11-7-10-22-9-3-4-13-25(22)24/h3-4,7-13,15,17-18,26H,5-6,14,16,19-20H2,1-2H3. The fourth-order valence-corrected chi connectivity index (χ4v) is 5.40. The first kappa shape index (κ1) is 23.9. The summed E-state index contributed by atoms with van der Waals surface area (Å²) in [4.78, 5) is 33.5. The average molecular weight is 482 g/mol. The first-order valence-electron chi connectivity index (χ1n) is 12.5. The Labute approximate surface area is 211 Å². The molecule has 1 unspecified atom stereocenters. The van der Waals surface area contributed by atoms with Gasteiger partial charge in [-0.15, -0.1) is 0 Å². The van der Waals surface area contributed by atoms with E-state index in [4.69, 9.17) is 4.74 Å². The van der Waals surface area contributed by atoms with Crippen molar-refractivity contribution in [3.8, 4) is 0 Å². The summed E-state index contributed by atoms with van der Waals surface area (Å²) in [5.74, 6) is -0.229. The molecular formula is C30H31N3O3. The minimum absolute atomic E-state index is 0.0948. The van der Waals surface area contributed by atoms with Crippen LogP contribution >= 0.6 is 0 Å². The van der Waals surface area contributed by atoms with Crippen LogP contribution in [0.15, 0.2) is 77.9 Å². The number of ether oxygens (including phenoxy) is 1. The van der Waals surface area contributed by atoms with Crippen molar-refractivity contribution in [2.75, 3.05) is 13.7 Å². The van der Waals surface area contributed by atoms with Crippen LogP contribution in [0.3, 0.4) is 0 Å². The number of aromatic nitrogens is 2. The van der Waals surface area contributed by atoms with Crippen molar-refractivity contribution in [3.63, 3.8) is 0 Å². The lowest BCUT2D eigenvalue weighted by molar-refractivity contribution is 0.0603. The summed E-state index contributed by atoms with van der Waals surface area (Å²) in [7, 11) is 1.60. The van der Waals surface area contributed by atoms with Crippen LogP contribution in [0.25, 0.3) is 10.8 Å². The van der Waals surface area contributed by atoms with Gasteiger partial charge in [0, 0.05) is 44.4 Å². The molecule has 4 aromatic rings. The highest BCUT2D eigenvalue weighted by molar-refractivity contribution is 5.95. The number of pyridine rings is 2. The minimum Gasteiger partial charge on any atom is -0.378 e. The monoisotopic (exact) mass is 481 g/mol. The maximum Gasteiger partial charge on any atom is 0.260 e. The Balaban J connectivity index is 1.60. The fourth-order valence-electron chi connectivity index (χ4n) is 5.40. The van der Waals surface area contributed by atoms with Gasteiger partial charge in [0.25, 0.3) is 5.91 Å². The summed E-state index contributed by atoms with van der Waals surface area (Å²) in [6.07, 6.45) is 6.36. The van der Waals surface area contributed by atoms with Crippen molar-refractivity contribution >= 4 is 16.7 Å². The third kappa shape index (κ3) is 4.56. The van der Waals surface area contributed by atoms with Gasteiger partial charge in [0.2, 0.25) is 0 Å². The van der Waals surface area contributed by atoms with Crippen molar-refractivity contribution in [1.29, 1.82) is 0 Å². The summed E-state index contributed by atoms with van der Waals surface area (Å²) < 4.78 is 7.61. The number of hydrogen-bond acceptors (Lipinski definition) is 4. The molecule has 0 aliphatic carbocycles. The van der Waals surface area contributed by atoms with E-state index in [0.29, 0.717) is 18.8 Å². The number of carbonyl (C=O) groups excluding carboxylic acids is 1. The lowest BCUT2D eigenvalue weighted by Crippen LogP contribution is -2.42. The Bertz CT molecular complexity index is 1440. The molecule has 1 saturated heterocycles. The van der Waals surface area contributed by atoms with Crippen LogP contribution in [0.2, 0.25) is 0 Å². The Morgan fingerprint density at radius 2 is 1.92 bits per heavy atom. The van der Waals surface area contributed by atoms with Crippen molar-refractivity contribution in [2.45, 2.75) is 45.4 Å². The lowest BCUT2D eigenvalue weighted by Gasteiger charge is -2.36. The summed E-state index contributed by atoms with van der Waals surface area (Å²) in [5.41, 5.74) is 3.51. The normalized spacial score (nSPS) is 15.8. The number of hydrogen-bond donors (Lipinski definition) is 0. The minimum atomic E-state index is -0.255. The number of fused-ring (bicyclic) bond motifs is 1. The predicted octanol–water partition coefficient (Wildman–Crippen LogP) is 5.27. The van der Waals surface area contributed by atoms with Crippen LogP contribution in [-0.4, -0.2) is 34.0 Å². The smallest absolute Gasteiger partial charge is 0.260 e. The largest absolute Gasteiger partial charge is 0.378 e. The second kappa shape index (κ2) is 10.5. The molecule has 1 aliphatic heterocycles. The third-order valence-electron chi connectivity index (χ3n) is 7.16. The Morgan fingerprint density at radius 3 is 2.72 bits per heavy atom. The topological polar surface area (TPSA) is 64.4 Å². The number of amides is 1. The molecule has 5 rings (SSSR count). The highest BCUT2D eigenvalue weighted by Gasteiger charge is 2.32. The number of nitrogens with zero attached hydrogens (tertiary/aromatic N) is 3. The molecular weight excluding hydrogens is 450 g/mol. The molecule has 6 heteroatoms. The zero-order valence-electron chi connectivity index (χ0n) is 20.8. The van der Waals surface area contributed by atoms with Crippen molar-refractivity contribution in [2.24, 2.45) is 0 Å². The van der Waals surface area contributed by atoms with Gasteiger partial charge in [0.15, 0.2) is 5.43 Å². The summed E-state index contributed by atoms with van der Waals surface area (Å²) in [5, 5.41) is 2.31. The van der Waals surface area contributed by atoms with Crippen LogP contribution in [-0.2, 0) is 17.9 Å². The van der Waals surface area contributed by atoms with Crippen LogP contribution < -0.4 is 5.43 Å². The van der Waals surface area contributed by atoms with Crippen LogP contribution in [0, 0.1) is 6.92 Å². The first-order chi connectivity index (χ1) is 17.6. The van der Waals surface area contributed by atoms with Gasteiger partial charge in [-0.25, -0.2) is 0 Å². The number of aryl methyl sites for hydroxylation is 1. The van der Waals surface area contributed by atoms with Gasteiger partial charge in [-0.05, 0) is 54.2 Å². The van der Waals surface area contributed by atoms with E-state index in [0.717, 1.165) is 46.9 Å². The lowest BCUT2D eigenvalue weighted by atomic mass is 9.95. The average Bonchev–Trinajstić information content (AvgIpc) is 2.91. The Morgan fingerprint density at radius 1 is 1.08 bits per heavy atom. The number of likely N-dealkylation sites (tertiary alicyclic amines) is 1. The molecule has 1 amide bonds. The van der Waals surface area contributed by atoms with Gasteiger partial charge in [0.1, 0.15) is 5.56 Å². The van der Waals surface area contributed by atoms with Gasteiger partial charge in [0.05, 0.1) is 18.3 Å². The van der Waals surface area contributed by atoms with Crippen LogP contribution in [0.4, 0.5) is 0 Å². The van der Waals surface area contributed by atoms with E-state index in [2.05, 4.69) is 33.8 Å². The molecule has 2 aromatic heterocycles. The zero-order chi connectivity index (χ0) is 25.1. The highest BCUT2D eigenvalue weighted by Crippen LogP contribution is 2.32. The first-order valence-corrected chi connectivity index (χ1v) is 12.5. The molecule has 2 aromatic carbocycles. The number of benzene rings is 2. The molecule has 0 radical (unpaired) electrons. The quantitative estimate of drug-likeness (QED) is 0.377. The van der Waals surface area contributed by atoms with Crippen molar-refractivity contribution < 1.29 is 9.53 Å². The van der Waals surface area contributed by atoms with Crippen LogP contribution in [0.5, 0.6) is 0 Å². The zero-order valence-corrected chi connectivity index (χ0v) is 20.8. The molecule has 184 valence electrons. The molecule has 3 heterocycles. The number of rotatable bonds is 6.